The third-order valence-corrected chi connectivity index (χ3v) is 6.85. The van der Waals surface area contributed by atoms with Gasteiger partial charge in [0.25, 0.3) is 5.91 Å². The smallest absolute Gasteiger partial charge is 0.254 e. The van der Waals surface area contributed by atoms with Crippen molar-refractivity contribution >= 4 is 5.91 Å². The third kappa shape index (κ3) is 4.95. The van der Waals surface area contributed by atoms with Crippen LogP contribution in [-0.2, 0) is 6.54 Å². The number of hydrogen-bond donors (Lipinski definition) is 0. The van der Waals surface area contributed by atoms with Crippen LogP contribution in [0.3, 0.4) is 0 Å². The normalized spacial score (nSPS) is 15.0. The highest BCUT2D eigenvalue weighted by Gasteiger charge is 2.26. The number of carbonyl (C=O) groups is 1. The van der Waals surface area contributed by atoms with E-state index in [0.29, 0.717) is 42.5 Å². The average molecular weight is 512 g/mol. The molecule has 0 bridgehead atoms. The molecule has 0 atom stereocenters. The van der Waals surface area contributed by atoms with E-state index in [1.165, 1.54) is 5.56 Å². The van der Waals surface area contributed by atoms with Gasteiger partial charge in [0.2, 0.25) is 12.7 Å². The Kier molecular flexibility index (Phi) is 6.71. The summed E-state index contributed by atoms with van der Waals surface area (Å²) in [6.45, 7) is 6.55. The molecule has 6 rings (SSSR count). The maximum absolute atomic E-state index is 13.6. The molecule has 2 aliphatic heterocycles. The van der Waals surface area contributed by atoms with E-state index in [0.717, 1.165) is 42.4 Å². The summed E-state index contributed by atoms with van der Waals surface area (Å²) >= 11 is 0. The van der Waals surface area contributed by atoms with Gasteiger partial charge in [0, 0.05) is 43.9 Å². The molecule has 4 aromatic rings. The predicted octanol–water partition coefficient (Wildman–Crippen LogP) is 5.09. The first-order chi connectivity index (χ1) is 18.7. The number of aromatic nitrogens is 1. The van der Waals surface area contributed by atoms with E-state index in [1.54, 1.807) is 6.20 Å². The summed E-state index contributed by atoms with van der Waals surface area (Å²) in [5.74, 6) is 3.46. The van der Waals surface area contributed by atoms with Gasteiger partial charge in [0.1, 0.15) is 5.75 Å². The van der Waals surface area contributed by atoms with Gasteiger partial charge in [0.05, 0.1) is 18.4 Å². The molecule has 0 saturated carbocycles. The highest BCUT2D eigenvalue weighted by atomic mass is 16.7. The van der Waals surface area contributed by atoms with Crippen molar-refractivity contribution in [1.29, 1.82) is 0 Å². The zero-order chi connectivity index (χ0) is 25.9. The second-order valence-electron chi connectivity index (χ2n) is 9.29. The van der Waals surface area contributed by atoms with Gasteiger partial charge in [-0.3, -0.25) is 9.69 Å². The summed E-state index contributed by atoms with van der Waals surface area (Å²) in [5.41, 5.74) is 3.36. The number of nitrogens with zero attached hydrogens (tertiary/aromatic N) is 3. The number of amides is 1. The van der Waals surface area contributed by atoms with Gasteiger partial charge in [0.15, 0.2) is 17.3 Å². The Balaban J connectivity index is 1.12. The van der Waals surface area contributed by atoms with Crippen LogP contribution in [0.4, 0.5) is 0 Å². The van der Waals surface area contributed by atoms with Crippen LogP contribution in [0.25, 0.3) is 22.8 Å². The number of fused-ring (bicyclic) bond motifs is 1. The van der Waals surface area contributed by atoms with E-state index < -0.39 is 0 Å². The number of piperazine rings is 1. The predicted molar refractivity (Wildman–Crippen MR) is 142 cm³/mol. The van der Waals surface area contributed by atoms with Crippen molar-refractivity contribution in [2.24, 2.45) is 0 Å². The lowest BCUT2D eigenvalue weighted by Crippen LogP contribution is -2.48. The number of carbonyl (C=O) groups excluding carboxylic acids is 1. The molecule has 8 nitrogen and oxygen atoms in total. The summed E-state index contributed by atoms with van der Waals surface area (Å²) < 4.78 is 22.5. The van der Waals surface area contributed by atoms with E-state index in [-0.39, 0.29) is 12.7 Å². The fourth-order valence-corrected chi connectivity index (χ4v) is 4.85. The fraction of sp³-hybridized carbons (Fsp3) is 0.267. The quantitative estimate of drug-likeness (QED) is 0.342. The number of hydrogen-bond acceptors (Lipinski definition) is 7. The number of benzene rings is 3. The van der Waals surface area contributed by atoms with E-state index in [1.807, 2.05) is 72.5 Å². The lowest BCUT2D eigenvalue weighted by atomic mass is 10.1. The van der Waals surface area contributed by atoms with Crippen molar-refractivity contribution in [3.05, 3.63) is 84.1 Å². The van der Waals surface area contributed by atoms with Crippen molar-refractivity contribution in [2.45, 2.75) is 13.5 Å². The van der Waals surface area contributed by atoms with Crippen LogP contribution >= 0.6 is 0 Å². The highest BCUT2D eigenvalue weighted by Crippen LogP contribution is 2.33. The van der Waals surface area contributed by atoms with Crippen molar-refractivity contribution in [1.82, 2.24) is 14.8 Å². The maximum Gasteiger partial charge on any atom is 0.254 e. The van der Waals surface area contributed by atoms with E-state index in [4.69, 9.17) is 18.6 Å². The molecule has 1 saturated heterocycles. The summed E-state index contributed by atoms with van der Waals surface area (Å²) in [4.78, 5) is 22.3. The molecule has 0 unspecified atom stereocenters. The van der Waals surface area contributed by atoms with Gasteiger partial charge in [-0.15, -0.1) is 0 Å². The van der Waals surface area contributed by atoms with Crippen LogP contribution in [0.5, 0.6) is 17.2 Å². The number of ether oxygens (including phenoxy) is 3. The lowest BCUT2D eigenvalue weighted by Gasteiger charge is -2.35. The first kappa shape index (κ1) is 24.1. The first-order valence-electron chi connectivity index (χ1n) is 12.9. The molecule has 0 N–H and O–H groups in total. The summed E-state index contributed by atoms with van der Waals surface area (Å²) in [6, 6.07) is 21.3. The zero-order valence-electron chi connectivity index (χ0n) is 21.3. The summed E-state index contributed by atoms with van der Waals surface area (Å²) in [6.07, 6.45) is 1.70. The van der Waals surface area contributed by atoms with Gasteiger partial charge < -0.3 is 23.5 Å². The van der Waals surface area contributed by atoms with E-state index >= 15 is 0 Å². The minimum atomic E-state index is -0.0100. The number of rotatable bonds is 7. The standard InChI is InChI=1S/C30H29N3O5/c1-2-35-23-10-8-22(9-11-23)28-18-31-29(38-28)24-5-3-4-6-25(24)30(34)33-15-13-32(14-16-33)19-21-7-12-26-27(17-21)37-20-36-26/h3-12,17-18H,2,13-16,19-20H2,1H3. The minimum absolute atomic E-state index is 0.0100. The minimum Gasteiger partial charge on any atom is -0.494 e. The van der Waals surface area contributed by atoms with Gasteiger partial charge in [-0.25, -0.2) is 4.98 Å². The van der Waals surface area contributed by atoms with Gasteiger partial charge in [-0.2, -0.15) is 0 Å². The first-order valence-corrected chi connectivity index (χ1v) is 12.9. The van der Waals surface area contributed by atoms with Crippen molar-refractivity contribution in [3.8, 4) is 40.0 Å². The monoisotopic (exact) mass is 511 g/mol. The summed E-state index contributed by atoms with van der Waals surface area (Å²) in [5, 5.41) is 0. The molecule has 3 heterocycles. The number of oxazole rings is 1. The molecule has 1 amide bonds. The van der Waals surface area contributed by atoms with Crippen molar-refractivity contribution in [2.75, 3.05) is 39.6 Å². The third-order valence-electron chi connectivity index (χ3n) is 6.85. The average Bonchev–Trinajstić information content (AvgIpc) is 3.64. The Bertz CT molecular complexity index is 1420. The Morgan fingerprint density at radius 3 is 2.55 bits per heavy atom. The van der Waals surface area contributed by atoms with Crippen LogP contribution in [0.2, 0.25) is 0 Å². The van der Waals surface area contributed by atoms with E-state index in [2.05, 4.69) is 16.0 Å². The maximum atomic E-state index is 13.6. The van der Waals surface area contributed by atoms with Crippen LogP contribution in [0.1, 0.15) is 22.8 Å². The highest BCUT2D eigenvalue weighted by molar-refractivity contribution is 6.00. The molecule has 0 radical (unpaired) electrons. The molecule has 38 heavy (non-hydrogen) atoms. The van der Waals surface area contributed by atoms with Crippen LogP contribution in [0.15, 0.2) is 77.3 Å². The van der Waals surface area contributed by atoms with Crippen molar-refractivity contribution < 1.29 is 23.4 Å². The van der Waals surface area contributed by atoms with Crippen molar-refractivity contribution in [3.63, 3.8) is 0 Å². The van der Waals surface area contributed by atoms with Gasteiger partial charge in [-0.1, -0.05) is 18.2 Å². The molecule has 0 spiro atoms. The van der Waals surface area contributed by atoms with E-state index in [9.17, 15) is 4.79 Å². The Morgan fingerprint density at radius 2 is 1.74 bits per heavy atom. The topological polar surface area (TPSA) is 77.3 Å². The van der Waals surface area contributed by atoms with Gasteiger partial charge >= 0.3 is 0 Å². The Labute approximate surface area is 221 Å². The molecule has 1 fully saturated rings. The molecular weight excluding hydrogens is 482 g/mol. The molecular formula is C30H29N3O5. The Morgan fingerprint density at radius 1 is 0.947 bits per heavy atom. The second-order valence-corrected chi connectivity index (χ2v) is 9.29. The molecule has 0 aliphatic carbocycles. The zero-order valence-corrected chi connectivity index (χ0v) is 21.3. The Hall–Kier alpha value is -4.30. The van der Waals surface area contributed by atoms with Gasteiger partial charge in [-0.05, 0) is 61.0 Å². The summed E-state index contributed by atoms with van der Waals surface area (Å²) in [7, 11) is 0. The fourth-order valence-electron chi connectivity index (χ4n) is 4.85. The van der Waals surface area contributed by atoms with Crippen LogP contribution < -0.4 is 14.2 Å². The van der Waals surface area contributed by atoms with Crippen LogP contribution in [0, 0.1) is 0 Å². The molecule has 1 aromatic heterocycles. The molecule has 2 aliphatic rings. The molecule has 8 heteroatoms. The molecule has 194 valence electrons. The van der Waals surface area contributed by atoms with Crippen LogP contribution in [-0.4, -0.2) is 60.3 Å². The lowest BCUT2D eigenvalue weighted by molar-refractivity contribution is 0.0629. The molecule has 3 aromatic carbocycles. The SMILES string of the molecule is CCOc1ccc(-c2cnc(-c3ccccc3C(=O)N3CCN(Cc4ccc5c(c4)OCO5)CC3)o2)cc1. The largest absolute Gasteiger partial charge is 0.494 e. The second kappa shape index (κ2) is 10.6.